The number of halogens is 2. The second kappa shape index (κ2) is 7.54. The summed E-state index contributed by atoms with van der Waals surface area (Å²) in [6, 6.07) is 14.3. The number of hydrogen-bond acceptors (Lipinski definition) is 5. The summed E-state index contributed by atoms with van der Waals surface area (Å²) in [5.41, 5.74) is 0.351. The summed E-state index contributed by atoms with van der Waals surface area (Å²) in [4.78, 5) is 29.9. The van der Waals surface area contributed by atoms with Crippen molar-refractivity contribution in [1.29, 1.82) is 0 Å². The Morgan fingerprint density at radius 2 is 1.97 bits per heavy atom. The molecule has 9 heteroatoms. The largest absolute Gasteiger partial charge is 0.456 e. The number of aromatic amines is 1. The first kappa shape index (κ1) is 18.9. The van der Waals surface area contributed by atoms with Crippen LogP contribution >= 0.6 is 23.2 Å². The smallest absolute Gasteiger partial charge is 0.280 e. The summed E-state index contributed by atoms with van der Waals surface area (Å²) in [5, 5.41) is 12.1. The molecule has 2 heterocycles. The summed E-state index contributed by atoms with van der Waals surface area (Å²) in [5.74, 6) is 0.833. The number of nitro benzene ring substituents is 1. The standard InChI is InChI=1S/C20H11Cl2N3O4/c21-11-5-7-16-14(9-11)20(26)24-19(23-16)15(22)10-12-6-8-18(29-12)13-3-1-2-4-17(13)25(27)28/h1-10H,(H,23,24,26)/b15-10-. The molecule has 0 unspecified atom stereocenters. The molecule has 7 nitrogen and oxygen atoms in total. The fourth-order valence-electron chi connectivity index (χ4n) is 2.83. The van der Waals surface area contributed by atoms with Crippen molar-refractivity contribution in [2.75, 3.05) is 0 Å². The van der Waals surface area contributed by atoms with Gasteiger partial charge in [0.05, 0.1) is 26.4 Å². The SMILES string of the molecule is O=c1[nH]c(/C(Cl)=C/c2ccc(-c3ccccc3[N+](=O)[O-])o2)nc2ccc(Cl)cc12. The quantitative estimate of drug-likeness (QED) is 0.343. The Hall–Kier alpha value is -3.42. The summed E-state index contributed by atoms with van der Waals surface area (Å²) in [6.07, 6.45) is 1.47. The fraction of sp³-hybridized carbons (Fsp3) is 0. The molecule has 4 rings (SSSR count). The molecule has 0 bridgehead atoms. The number of aromatic nitrogens is 2. The predicted molar refractivity (Wildman–Crippen MR) is 112 cm³/mol. The third-order valence-corrected chi connectivity index (χ3v) is 4.68. The number of para-hydroxylation sites is 1. The van der Waals surface area contributed by atoms with Gasteiger partial charge in [-0.15, -0.1) is 0 Å². The van der Waals surface area contributed by atoms with Gasteiger partial charge in [0.1, 0.15) is 11.5 Å². The predicted octanol–water partition coefficient (Wildman–Crippen LogP) is 5.48. The van der Waals surface area contributed by atoms with Crippen molar-refractivity contribution >= 4 is 50.9 Å². The van der Waals surface area contributed by atoms with Crippen molar-refractivity contribution in [3.05, 3.63) is 91.7 Å². The van der Waals surface area contributed by atoms with E-state index in [1.54, 1.807) is 42.5 Å². The highest BCUT2D eigenvalue weighted by molar-refractivity contribution is 6.50. The van der Waals surface area contributed by atoms with Gasteiger partial charge in [-0.25, -0.2) is 4.98 Å². The van der Waals surface area contributed by atoms with Gasteiger partial charge in [0.2, 0.25) is 0 Å². The molecule has 144 valence electrons. The van der Waals surface area contributed by atoms with Crippen LogP contribution in [0.2, 0.25) is 5.02 Å². The van der Waals surface area contributed by atoms with Crippen LogP contribution in [0.3, 0.4) is 0 Å². The maximum Gasteiger partial charge on any atom is 0.280 e. The van der Waals surface area contributed by atoms with Crippen molar-refractivity contribution in [3.8, 4) is 11.3 Å². The minimum absolute atomic E-state index is 0.0670. The van der Waals surface area contributed by atoms with E-state index >= 15 is 0 Å². The lowest BCUT2D eigenvalue weighted by atomic mass is 10.1. The monoisotopic (exact) mass is 427 g/mol. The minimum Gasteiger partial charge on any atom is -0.456 e. The van der Waals surface area contributed by atoms with E-state index in [9.17, 15) is 14.9 Å². The van der Waals surface area contributed by atoms with Crippen LogP contribution in [0.1, 0.15) is 11.6 Å². The Bertz CT molecular complexity index is 1340. The zero-order valence-electron chi connectivity index (χ0n) is 14.6. The Morgan fingerprint density at radius 3 is 2.76 bits per heavy atom. The molecule has 0 aliphatic rings. The summed E-state index contributed by atoms with van der Waals surface area (Å²) < 4.78 is 5.68. The Balaban J connectivity index is 1.71. The van der Waals surface area contributed by atoms with Crippen molar-refractivity contribution in [2.45, 2.75) is 0 Å². The number of H-pyrrole nitrogens is 1. The maximum atomic E-state index is 12.3. The summed E-state index contributed by atoms with van der Waals surface area (Å²) in [6.45, 7) is 0. The number of hydrogen-bond donors (Lipinski definition) is 1. The Kier molecular flexibility index (Phi) is 4.92. The van der Waals surface area contributed by atoms with Gasteiger partial charge in [-0.05, 0) is 36.4 Å². The average Bonchev–Trinajstić information content (AvgIpc) is 3.16. The van der Waals surface area contributed by atoms with Gasteiger partial charge < -0.3 is 9.40 Å². The normalized spacial score (nSPS) is 11.7. The molecule has 0 aliphatic carbocycles. The molecule has 2 aromatic carbocycles. The summed E-state index contributed by atoms with van der Waals surface area (Å²) >= 11 is 12.2. The number of nitro groups is 1. The molecule has 0 spiro atoms. The first-order chi connectivity index (χ1) is 13.9. The van der Waals surface area contributed by atoms with E-state index in [-0.39, 0.29) is 22.1 Å². The van der Waals surface area contributed by atoms with E-state index in [2.05, 4.69) is 9.97 Å². The van der Waals surface area contributed by atoms with Gasteiger partial charge in [-0.2, -0.15) is 0 Å². The average molecular weight is 428 g/mol. The van der Waals surface area contributed by atoms with E-state index in [0.717, 1.165) is 0 Å². The van der Waals surface area contributed by atoms with E-state index in [0.29, 0.717) is 33.0 Å². The first-order valence-electron chi connectivity index (χ1n) is 8.33. The number of nitrogens with zero attached hydrogens (tertiary/aromatic N) is 2. The molecular weight excluding hydrogens is 417 g/mol. The zero-order chi connectivity index (χ0) is 20.5. The van der Waals surface area contributed by atoms with Crippen LogP contribution in [0.5, 0.6) is 0 Å². The third-order valence-electron chi connectivity index (χ3n) is 4.16. The van der Waals surface area contributed by atoms with Gasteiger partial charge in [0, 0.05) is 17.2 Å². The highest BCUT2D eigenvalue weighted by Gasteiger charge is 2.17. The molecule has 0 saturated carbocycles. The number of fused-ring (bicyclic) bond motifs is 1. The zero-order valence-corrected chi connectivity index (χ0v) is 16.1. The fourth-order valence-corrected chi connectivity index (χ4v) is 3.20. The number of nitrogens with one attached hydrogen (secondary N) is 1. The highest BCUT2D eigenvalue weighted by atomic mass is 35.5. The third kappa shape index (κ3) is 3.78. The lowest BCUT2D eigenvalue weighted by molar-refractivity contribution is -0.384. The molecule has 0 aliphatic heterocycles. The molecule has 0 amide bonds. The molecule has 29 heavy (non-hydrogen) atoms. The Labute approximate surface area is 173 Å². The molecule has 1 N–H and O–H groups in total. The van der Waals surface area contributed by atoms with E-state index in [1.807, 2.05) is 0 Å². The molecule has 4 aromatic rings. The van der Waals surface area contributed by atoms with E-state index < -0.39 is 4.92 Å². The topological polar surface area (TPSA) is 102 Å². The van der Waals surface area contributed by atoms with Crippen LogP contribution in [0, 0.1) is 10.1 Å². The second-order valence-electron chi connectivity index (χ2n) is 6.04. The van der Waals surface area contributed by atoms with Crippen LogP contribution in [-0.2, 0) is 0 Å². The molecule has 0 saturated heterocycles. The summed E-state index contributed by atoms with van der Waals surface area (Å²) in [7, 11) is 0. The molecule has 0 radical (unpaired) electrons. The van der Waals surface area contributed by atoms with Crippen LogP contribution in [0.25, 0.3) is 33.3 Å². The van der Waals surface area contributed by atoms with Gasteiger partial charge in [0.25, 0.3) is 11.2 Å². The van der Waals surface area contributed by atoms with Gasteiger partial charge in [0.15, 0.2) is 5.82 Å². The lowest BCUT2D eigenvalue weighted by Gasteiger charge is -2.02. The number of benzene rings is 2. The first-order valence-corrected chi connectivity index (χ1v) is 9.09. The van der Waals surface area contributed by atoms with Crippen molar-refractivity contribution in [2.24, 2.45) is 0 Å². The van der Waals surface area contributed by atoms with Gasteiger partial charge >= 0.3 is 0 Å². The van der Waals surface area contributed by atoms with Gasteiger partial charge in [-0.3, -0.25) is 14.9 Å². The van der Waals surface area contributed by atoms with Crippen molar-refractivity contribution in [1.82, 2.24) is 9.97 Å². The molecule has 0 fully saturated rings. The van der Waals surface area contributed by atoms with Crippen molar-refractivity contribution in [3.63, 3.8) is 0 Å². The lowest BCUT2D eigenvalue weighted by Crippen LogP contribution is -2.10. The van der Waals surface area contributed by atoms with E-state index in [1.165, 1.54) is 18.2 Å². The molecule has 0 atom stereocenters. The van der Waals surface area contributed by atoms with Crippen LogP contribution in [0.15, 0.2) is 63.8 Å². The minimum atomic E-state index is -0.476. The number of furan rings is 1. The van der Waals surface area contributed by atoms with Gasteiger partial charge in [-0.1, -0.05) is 35.3 Å². The maximum absolute atomic E-state index is 12.3. The van der Waals surface area contributed by atoms with Crippen LogP contribution < -0.4 is 5.56 Å². The second-order valence-corrected chi connectivity index (χ2v) is 6.89. The van der Waals surface area contributed by atoms with Crippen molar-refractivity contribution < 1.29 is 9.34 Å². The molecule has 2 aromatic heterocycles. The van der Waals surface area contributed by atoms with E-state index in [4.69, 9.17) is 27.6 Å². The van der Waals surface area contributed by atoms with Crippen LogP contribution in [0.4, 0.5) is 5.69 Å². The Morgan fingerprint density at radius 1 is 1.17 bits per heavy atom. The van der Waals surface area contributed by atoms with Crippen LogP contribution in [-0.4, -0.2) is 14.9 Å². The highest BCUT2D eigenvalue weighted by Crippen LogP contribution is 2.32. The molecular formula is C20H11Cl2N3O4. The number of rotatable bonds is 4.